The average molecular weight is 406 g/mol. The molecule has 0 bridgehead atoms. The molecule has 2 heterocycles. The molecule has 2 N–H and O–H groups in total. The molecule has 3 rings (SSSR count). The summed E-state index contributed by atoms with van der Waals surface area (Å²) in [5, 5.41) is 9.26. The highest BCUT2D eigenvalue weighted by atomic mass is 35.5. The van der Waals surface area contributed by atoms with E-state index in [0.717, 1.165) is 67.8 Å². The summed E-state index contributed by atoms with van der Waals surface area (Å²) in [6.45, 7) is 7.54. The van der Waals surface area contributed by atoms with Crippen LogP contribution in [0.25, 0.3) is 10.9 Å². The molecule has 0 amide bonds. The fraction of sp³-hybridized carbons (Fsp3) is 0.421. The number of nitrogens with one attached hydrogen (secondary N) is 2. The number of thiocarbonyl (C=S) groups is 1. The Kier molecular flexibility index (Phi) is 7.34. The maximum Gasteiger partial charge on any atom is 0.186 e. The molecule has 27 heavy (non-hydrogen) atoms. The van der Waals surface area contributed by atoms with Crippen molar-refractivity contribution in [3.05, 3.63) is 40.5 Å². The molecule has 8 heteroatoms. The van der Waals surface area contributed by atoms with Crippen molar-refractivity contribution in [2.24, 2.45) is 5.10 Å². The zero-order valence-electron chi connectivity index (χ0n) is 15.4. The van der Waals surface area contributed by atoms with Crippen LogP contribution in [0.4, 0.5) is 0 Å². The van der Waals surface area contributed by atoms with Crippen LogP contribution in [0.5, 0.6) is 0 Å². The van der Waals surface area contributed by atoms with E-state index in [-0.39, 0.29) is 0 Å². The predicted octanol–water partition coefficient (Wildman–Crippen LogP) is 2.72. The number of fused-ring (bicyclic) bond motifs is 1. The number of nitrogens with zero attached hydrogens (tertiary/aromatic N) is 3. The Morgan fingerprint density at radius 3 is 3.00 bits per heavy atom. The van der Waals surface area contributed by atoms with Crippen molar-refractivity contribution in [1.29, 1.82) is 0 Å². The van der Waals surface area contributed by atoms with Crippen LogP contribution in [0, 0.1) is 6.92 Å². The Hall–Kier alpha value is -1.80. The van der Waals surface area contributed by atoms with Crippen LogP contribution >= 0.6 is 23.8 Å². The molecular formula is C19H24ClN5OS. The van der Waals surface area contributed by atoms with Crippen molar-refractivity contribution in [3.63, 3.8) is 0 Å². The summed E-state index contributed by atoms with van der Waals surface area (Å²) < 4.78 is 5.34. The minimum Gasteiger partial charge on any atom is -0.379 e. The van der Waals surface area contributed by atoms with Gasteiger partial charge in [-0.2, -0.15) is 5.10 Å². The van der Waals surface area contributed by atoms with Gasteiger partial charge in [0.2, 0.25) is 0 Å². The number of hydrogen-bond acceptors (Lipinski definition) is 5. The third-order valence-electron chi connectivity index (χ3n) is 4.36. The molecule has 6 nitrogen and oxygen atoms in total. The number of aromatic nitrogens is 1. The Balaban J connectivity index is 1.44. The summed E-state index contributed by atoms with van der Waals surface area (Å²) in [7, 11) is 0. The molecule has 1 aromatic heterocycles. The Morgan fingerprint density at radius 1 is 1.37 bits per heavy atom. The molecular weight excluding hydrogens is 382 g/mol. The SMILES string of the molecule is Cc1ccc2cc(/C=N/NC(=S)NCCCN3CCOCC3)c(Cl)nc2c1. The van der Waals surface area contributed by atoms with Crippen LogP contribution in [-0.4, -0.2) is 60.6 Å². The summed E-state index contributed by atoms with van der Waals surface area (Å²) >= 11 is 11.5. The zero-order chi connectivity index (χ0) is 19.1. The Bertz CT molecular complexity index is 823. The molecule has 0 radical (unpaired) electrons. The normalized spacial score (nSPS) is 15.3. The molecule has 0 saturated carbocycles. The Labute approximate surface area is 169 Å². The lowest BCUT2D eigenvalue weighted by molar-refractivity contribution is 0.0376. The largest absolute Gasteiger partial charge is 0.379 e. The molecule has 144 valence electrons. The van der Waals surface area contributed by atoms with Crippen molar-refractivity contribution in [1.82, 2.24) is 20.6 Å². The molecule has 0 atom stereocenters. The van der Waals surface area contributed by atoms with E-state index in [4.69, 9.17) is 28.6 Å². The van der Waals surface area contributed by atoms with Gasteiger partial charge in [-0.3, -0.25) is 10.3 Å². The van der Waals surface area contributed by atoms with E-state index >= 15 is 0 Å². The molecule has 0 spiro atoms. The summed E-state index contributed by atoms with van der Waals surface area (Å²) in [6, 6.07) is 8.05. The van der Waals surface area contributed by atoms with Crippen LogP contribution in [0.1, 0.15) is 17.5 Å². The van der Waals surface area contributed by atoms with Gasteiger partial charge in [0.25, 0.3) is 0 Å². The highest BCUT2D eigenvalue weighted by Crippen LogP contribution is 2.20. The smallest absolute Gasteiger partial charge is 0.186 e. The van der Waals surface area contributed by atoms with E-state index in [9.17, 15) is 0 Å². The lowest BCUT2D eigenvalue weighted by Gasteiger charge is -2.26. The van der Waals surface area contributed by atoms with Crippen LogP contribution in [0.2, 0.25) is 5.15 Å². The van der Waals surface area contributed by atoms with Gasteiger partial charge in [0.1, 0.15) is 5.15 Å². The van der Waals surface area contributed by atoms with Crippen molar-refractivity contribution >= 4 is 46.0 Å². The van der Waals surface area contributed by atoms with Gasteiger partial charge >= 0.3 is 0 Å². The highest BCUT2D eigenvalue weighted by molar-refractivity contribution is 7.80. The van der Waals surface area contributed by atoms with E-state index in [1.54, 1.807) is 6.21 Å². The van der Waals surface area contributed by atoms with Gasteiger partial charge in [0.15, 0.2) is 5.11 Å². The second-order valence-corrected chi connectivity index (χ2v) is 7.26. The van der Waals surface area contributed by atoms with E-state index in [0.29, 0.717) is 10.3 Å². The maximum absolute atomic E-state index is 6.25. The second-order valence-electron chi connectivity index (χ2n) is 6.50. The third kappa shape index (κ3) is 6.10. The first kappa shape index (κ1) is 19.9. The number of hydrogen-bond donors (Lipinski definition) is 2. The second kappa shape index (κ2) is 9.94. The monoisotopic (exact) mass is 405 g/mol. The van der Waals surface area contributed by atoms with E-state index in [1.807, 2.05) is 31.2 Å². The first-order valence-electron chi connectivity index (χ1n) is 9.06. The number of halogens is 1. The van der Waals surface area contributed by atoms with Gasteiger partial charge in [-0.15, -0.1) is 0 Å². The molecule has 1 saturated heterocycles. The third-order valence-corrected chi connectivity index (χ3v) is 4.90. The van der Waals surface area contributed by atoms with Crippen molar-refractivity contribution < 1.29 is 4.74 Å². The van der Waals surface area contributed by atoms with E-state index in [1.165, 1.54) is 0 Å². The van der Waals surface area contributed by atoms with Gasteiger partial charge in [-0.1, -0.05) is 23.7 Å². The van der Waals surface area contributed by atoms with Gasteiger partial charge in [-0.05, 0) is 49.8 Å². The number of hydrazone groups is 1. The van der Waals surface area contributed by atoms with Gasteiger partial charge in [0, 0.05) is 30.6 Å². The van der Waals surface area contributed by atoms with E-state index in [2.05, 4.69) is 25.7 Å². The first-order chi connectivity index (χ1) is 13.1. The average Bonchev–Trinajstić information content (AvgIpc) is 2.66. The Morgan fingerprint density at radius 2 is 2.19 bits per heavy atom. The number of aryl methyl sites for hydroxylation is 1. The molecule has 0 aliphatic carbocycles. The quantitative estimate of drug-likeness (QED) is 0.253. The molecule has 1 aliphatic rings. The van der Waals surface area contributed by atoms with Crippen LogP contribution in [0.15, 0.2) is 29.4 Å². The lowest BCUT2D eigenvalue weighted by Crippen LogP contribution is -2.39. The zero-order valence-corrected chi connectivity index (χ0v) is 16.9. The molecule has 1 aromatic carbocycles. The van der Waals surface area contributed by atoms with Crippen LogP contribution in [-0.2, 0) is 4.74 Å². The topological polar surface area (TPSA) is 61.8 Å². The van der Waals surface area contributed by atoms with E-state index < -0.39 is 0 Å². The first-order valence-corrected chi connectivity index (χ1v) is 9.84. The van der Waals surface area contributed by atoms with Crippen molar-refractivity contribution in [3.8, 4) is 0 Å². The fourth-order valence-corrected chi connectivity index (χ4v) is 3.24. The molecule has 2 aromatic rings. The minimum absolute atomic E-state index is 0.419. The van der Waals surface area contributed by atoms with Crippen molar-refractivity contribution in [2.75, 3.05) is 39.4 Å². The molecule has 0 unspecified atom stereocenters. The number of pyridine rings is 1. The summed E-state index contributed by atoms with van der Waals surface area (Å²) in [4.78, 5) is 6.82. The summed E-state index contributed by atoms with van der Waals surface area (Å²) in [5.74, 6) is 0. The number of ether oxygens (including phenoxy) is 1. The molecule has 1 aliphatic heterocycles. The number of rotatable bonds is 6. The standard InChI is InChI=1S/C19H24ClN5OS/c1-14-3-4-15-12-16(18(20)23-17(15)11-14)13-22-24-19(27)21-5-2-6-25-7-9-26-10-8-25/h3-4,11-13H,2,5-10H2,1H3,(H2,21,24,27)/b22-13+. The lowest BCUT2D eigenvalue weighted by atomic mass is 10.1. The predicted molar refractivity (Wildman–Crippen MR) is 115 cm³/mol. The van der Waals surface area contributed by atoms with Crippen LogP contribution < -0.4 is 10.7 Å². The van der Waals surface area contributed by atoms with Crippen LogP contribution in [0.3, 0.4) is 0 Å². The number of morpholine rings is 1. The summed E-state index contributed by atoms with van der Waals surface area (Å²) in [5.41, 5.74) is 5.60. The minimum atomic E-state index is 0.419. The maximum atomic E-state index is 6.25. The van der Waals surface area contributed by atoms with Gasteiger partial charge in [0.05, 0.1) is 24.9 Å². The van der Waals surface area contributed by atoms with Crippen molar-refractivity contribution in [2.45, 2.75) is 13.3 Å². The highest BCUT2D eigenvalue weighted by Gasteiger charge is 2.09. The number of benzene rings is 1. The summed E-state index contributed by atoms with van der Waals surface area (Å²) in [6.07, 6.45) is 2.65. The fourth-order valence-electron chi connectivity index (χ4n) is 2.89. The van der Waals surface area contributed by atoms with Gasteiger partial charge < -0.3 is 10.1 Å². The van der Waals surface area contributed by atoms with Gasteiger partial charge in [-0.25, -0.2) is 4.98 Å². The molecule has 1 fully saturated rings.